The van der Waals surface area contributed by atoms with E-state index < -0.39 is 11.7 Å². The average Bonchev–Trinajstić information content (AvgIpc) is 2.39. The number of hydrogen-bond donors (Lipinski definition) is 2. The van der Waals surface area contributed by atoms with E-state index in [9.17, 15) is 18.0 Å². The summed E-state index contributed by atoms with van der Waals surface area (Å²) in [6.07, 6.45) is -2.44. The molecule has 7 heteroatoms. The number of benzene rings is 1. The number of nitrogens with two attached hydrogens (primary N) is 1. The highest BCUT2D eigenvalue weighted by Crippen LogP contribution is 2.33. The number of rotatable bonds is 1. The largest absolute Gasteiger partial charge is 0.416 e. The third-order valence-electron chi connectivity index (χ3n) is 3.56. The average molecular weight is 301 g/mol. The molecule has 0 aromatic heterocycles. The lowest BCUT2D eigenvalue weighted by molar-refractivity contribution is -0.137. The van der Waals surface area contributed by atoms with Crippen LogP contribution in [0.2, 0.25) is 0 Å². The summed E-state index contributed by atoms with van der Waals surface area (Å²) in [5, 5.41) is 2.57. The van der Waals surface area contributed by atoms with Crippen LogP contribution in [0.5, 0.6) is 0 Å². The van der Waals surface area contributed by atoms with Gasteiger partial charge in [-0.1, -0.05) is 6.92 Å². The zero-order valence-corrected chi connectivity index (χ0v) is 11.7. The second-order valence-electron chi connectivity index (χ2n) is 5.42. The molecular formula is C14H18F3N3O. The van der Waals surface area contributed by atoms with Crippen molar-refractivity contribution in [2.45, 2.75) is 25.9 Å². The van der Waals surface area contributed by atoms with Crippen molar-refractivity contribution in [1.29, 1.82) is 0 Å². The van der Waals surface area contributed by atoms with E-state index in [4.69, 9.17) is 5.73 Å². The van der Waals surface area contributed by atoms with Crippen LogP contribution in [0.3, 0.4) is 0 Å². The van der Waals surface area contributed by atoms with Crippen LogP contribution in [0.4, 0.5) is 29.3 Å². The summed E-state index contributed by atoms with van der Waals surface area (Å²) in [5.74, 6) is 0.425. The SMILES string of the molecule is CC1CCCN(C(=O)Nc2ccc(C(F)(F)F)cc2N)C1. The minimum absolute atomic E-state index is 0.0942. The summed E-state index contributed by atoms with van der Waals surface area (Å²) < 4.78 is 37.6. The van der Waals surface area contributed by atoms with Crippen molar-refractivity contribution in [2.24, 2.45) is 5.92 Å². The van der Waals surface area contributed by atoms with Gasteiger partial charge in [0.1, 0.15) is 0 Å². The van der Waals surface area contributed by atoms with Gasteiger partial charge >= 0.3 is 12.2 Å². The number of piperidine rings is 1. The number of anilines is 2. The van der Waals surface area contributed by atoms with E-state index >= 15 is 0 Å². The summed E-state index contributed by atoms with van der Waals surface area (Å²) in [4.78, 5) is 13.7. The van der Waals surface area contributed by atoms with Crippen LogP contribution in [-0.4, -0.2) is 24.0 Å². The Labute approximate surface area is 121 Å². The van der Waals surface area contributed by atoms with Gasteiger partial charge in [-0.05, 0) is 37.0 Å². The molecule has 0 bridgehead atoms. The molecule has 0 spiro atoms. The molecule has 1 aliphatic rings. The maximum Gasteiger partial charge on any atom is 0.416 e. The van der Waals surface area contributed by atoms with Gasteiger partial charge in [-0.15, -0.1) is 0 Å². The first-order valence-corrected chi connectivity index (χ1v) is 6.80. The number of likely N-dealkylation sites (tertiary alicyclic amines) is 1. The summed E-state index contributed by atoms with van der Waals surface area (Å²) in [5.41, 5.74) is 4.87. The molecule has 3 N–H and O–H groups in total. The molecular weight excluding hydrogens is 283 g/mol. The number of carbonyl (C=O) groups excluding carboxylic acids is 1. The molecule has 0 radical (unpaired) electrons. The fourth-order valence-electron chi connectivity index (χ4n) is 2.42. The number of carbonyl (C=O) groups is 1. The van der Waals surface area contributed by atoms with Crippen molar-refractivity contribution in [3.8, 4) is 0 Å². The van der Waals surface area contributed by atoms with Crippen LogP contribution in [-0.2, 0) is 6.18 Å². The molecule has 1 saturated heterocycles. The second-order valence-corrected chi connectivity index (χ2v) is 5.42. The fourth-order valence-corrected chi connectivity index (χ4v) is 2.42. The lowest BCUT2D eigenvalue weighted by atomic mass is 10.0. The van der Waals surface area contributed by atoms with Crippen molar-refractivity contribution in [1.82, 2.24) is 4.90 Å². The summed E-state index contributed by atoms with van der Waals surface area (Å²) in [6, 6.07) is 2.59. The molecule has 1 fully saturated rings. The molecule has 1 aliphatic heterocycles. The molecule has 2 amide bonds. The maximum atomic E-state index is 12.5. The Morgan fingerprint density at radius 2 is 2.14 bits per heavy atom. The van der Waals surface area contributed by atoms with Crippen LogP contribution >= 0.6 is 0 Å². The molecule has 1 atom stereocenters. The Balaban J connectivity index is 2.07. The first-order valence-electron chi connectivity index (χ1n) is 6.80. The van der Waals surface area contributed by atoms with Crippen LogP contribution in [0.25, 0.3) is 0 Å². The number of hydrogen-bond acceptors (Lipinski definition) is 2. The Kier molecular flexibility index (Phi) is 4.29. The molecule has 0 saturated carbocycles. The van der Waals surface area contributed by atoms with E-state index in [1.807, 2.05) is 0 Å². The minimum Gasteiger partial charge on any atom is -0.397 e. The van der Waals surface area contributed by atoms with Gasteiger partial charge in [0, 0.05) is 13.1 Å². The van der Waals surface area contributed by atoms with Gasteiger partial charge in [-0.2, -0.15) is 13.2 Å². The van der Waals surface area contributed by atoms with Crippen molar-refractivity contribution in [3.63, 3.8) is 0 Å². The highest BCUT2D eigenvalue weighted by molar-refractivity contribution is 5.92. The molecule has 116 valence electrons. The second kappa shape index (κ2) is 5.83. The van der Waals surface area contributed by atoms with Gasteiger partial charge in [-0.25, -0.2) is 4.79 Å². The molecule has 1 heterocycles. The standard InChI is InChI=1S/C14H18F3N3O/c1-9-3-2-6-20(8-9)13(21)19-12-5-4-10(7-11(12)18)14(15,16)17/h4-5,7,9H,2-3,6,8,18H2,1H3,(H,19,21). The van der Waals surface area contributed by atoms with Crippen LogP contribution in [0, 0.1) is 5.92 Å². The third kappa shape index (κ3) is 3.80. The highest BCUT2D eigenvalue weighted by atomic mass is 19.4. The normalized spacial score (nSPS) is 19.4. The topological polar surface area (TPSA) is 58.4 Å². The molecule has 1 aromatic carbocycles. The zero-order valence-electron chi connectivity index (χ0n) is 11.7. The molecule has 0 aliphatic carbocycles. The van der Waals surface area contributed by atoms with E-state index in [1.165, 1.54) is 6.07 Å². The maximum absolute atomic E-state index is 12.5. The van der Waals surface area contributed by atoms with Gasteiger partial charge in [0.25, 0.3) is 0 Å². The third-order valence-corrected chi connectivity index (χ3v) is 3.56. The van der Waals surface area contributed by atoms with Gasteiger partial charge in [0.15, 0.2) is 0 Å². The molecule has 2 rings (SSSR count). The van der Waals surface area contributed by atoms with E-state index in [2.05, 4.69) is 12.2 Å². The number of halogens is 3. The lowest BCUT2D eigenvalue weighted by Gasteiger charge is -2.31. The van der Waals surface area contributed by atoms with Gasteiger partial charge in [0.2, 0.25) is 0 Å². The zero-order chi connectivity index (χ0) is 15.6. The summed E-state index contributed by atoms with van der Waals surface area (Å²) in [6.45, 7) is 3.36. The number of nitrogen functional groups attached to an aromatic ring is 1. The predicted molar refractivity (Wildman–Crippen MR) is 74.8 cm³/mol. The Bertz CT molecular complexity index is 531. The van der Waals surface area contributed by atoms with Gasteiger partial charge < -0.3 is 16.0 Å². The molecule has 1 unspecified atom stereocenters. The predicted octanol–water partition coefficient (Wildman–Crippen LogP) is 3.55. The highest BCUT2D eigenvalue weighted by Gasteiger charge is 2.31. The van der Waals surface area contributed by atoms with E-state index in [1.54, 1.807) is 4.90 Å². The number of nitrogens with zero attached hydrogens (tertiary/aromatic N) is 1. The number of nitrogens with one attached hydrogen (secondary N) is 1. The first-order chi connectivity index (χ1) is 9.77. The van der Waals surface area contributed by atoms with E-state index in [0.29, 0.717) is 19.0 Å². The van der Waals surface area contributed by atoms with Crippen molar-refractivity contribution < 1.29 is 18.0 Å². The van der Waals surface area contributed by atoms with Crippen LogP contribution in [0.15, 0.2) is 18.2 Å². The Morgan fingerprint density at radius 1 is 1.43 bits per heavy atom. The fraction of sp³-hybridized carbons (Fsp3) is 0.500. The van der Waals surface area contributed by atoms with Gasteiger partial charge in [-0.3, -0.25) is 0 Å². The molecule has 4 nitrogen and oxygen atoms in total. The summed E-state index contributed by atoms with van der Waals surface area (Å²) >= 11 is 0. The minimum atomic E-state index is -4.45. The van der Waals surface area contributed by atoms with Gasteiger partial charge in [0.05, 0.1) is 16.9 Å². The smallest absolute Gasteiger partial charge is 0.397 e. The monoisotopic (exact) mass is 301 g/mol. The lowest BCUT2D eigenvalue weighted by Crippen LogP contribution is -2.41. The van der Waals surface area contributed by atoms with Crippen LogP contribution in [0.1, 0.15) is 25.3 Å². The first kappa shape index (κ1) is 15.5. The van der Waals surface area contributed by atoms with Crippen LogP contribution < -0.4 is 11.1 Å². The van der Waals surface area contributed by atoms with E-state index in [-0.39, 0.29) is 17.4 Å². The summed E-state index contributed by atoms with van der Waals surface area (Å²) in [7, 11) is 0. The van der Waals surface area contributed by atoms with Crippen molar-refractivity contribution in [3.05, 3.63) is 23.8 Å². The number of alkyl halides is 3. The van der Waals surface area contributed by atoms with E-state index in [0.717, 1.165) is 25.0 Å². The molecule has 1 aromatic rings. The van der Waals surface area contributed by atoms with Crippen molar-refractivity contribution in [2.75, 3.05) is 24.1 Å². The number of urea groups is 1. The Hall–Kier alpha value is -1.92. The van der Waals surface area contributed by atoms with Crippen molar-refractivity contribution >= 4 is 17.4 Å². The quantitative estimate of drug-likeness (QED) is 0.779. The molecule has 21 heavy (non-hydrogen) atoms. The Morgan fingerprint density at radius 3 is 2.71 bits per heavy atom. The number of amides is 2.